The Hall–Kier alpha value is -7.52. The fraction of sp³-hybridized carbons (Fsp3) is 0.429. The van der Waals surface area contributed by atoms with E-state index in [1.165, 1.54) is 0 Å². The molecule has 21 nitrogen and oxygen atoms in total. The molecular weight excluding hydrogens is 899 g/mol. The molecular formula is C49H67N13O8. The summed E-state index contributed by atoms with van der Waals surface area (Å²) in [6.45, 7) is 3.03. The lowest BCUT2D eigenvalue weighted by Gasteiger charge is -2.43. The number of aryl methyl sites for hydroxylation is 1. The van der Waals surface area contributed by atoms with Gasteiger partial charge in [-0.05, 0) is 87.2 Å². The number of piperidine rings is 1. The molecule has 1 saturated heterocycles. The fourth-order valence-corrected chi connectivity index (χ4v) is 8.52. The molecule has 1 aliphatic heterocycles. The van der Waals surface area contributed by atoms with Crippen LogP contribution in [-0.2, 0) is 46.4 Å². The maximum Gasteiger partial charge on any atom is 0.305 e. The van der Waals surface area contributed by atoms with Gasteiger partial charge in [-0.25, -0.2) is 0 Å². The van der Waals surface area contributed by atoms with Crippen LogP contribution in [-0.4, -0.2) is 119 Å². The third kappa shape index (κ3) is 15.2. The molecule has 17 N–H and O–H groups in total. The van der Waals surface area contributed by atoms with Gasteiger partial charge in [0, 0.05) is 55.3 Å². The summed E-state index contributed by atoms with van der Waals surface area (Å²) in [5.74, 6) is -6.05. The number of primary amides is 1. The van der Waals surface area contributed by atoms with Crippen LogP contribution in [0.5, 0.6) is 0 Å². The van der Waals surface area contributed by atoms with Gasteiger partial charge in [-0.3, -0.25) is 38.6 Å². The largest absolute Gasteiger partial charge is 0.481 e. The zero-order chi connectivity index (χ0) is 50.8. The van der Waals surface area contributed by atoms with Gasteiger partial charge in [0.25, 0.3) is 0 Å². The summed E-state index contributed by atoms with van der Waals surface area (Å²) in [7, 11) is 0. The quantitative estimate of drug-likeness (QED) is 0.0221. The van der Waals surface area contributed by atoms with Gasteiger partial charge >= 0.3 is 5.97 Å². The first-order valence-electron chi connectivity index (χ1n) is 23.5. The van der Waals surface area contributed by atoms with Crippen molar-refractivity contribution in [2.45, 2.75) is 107 Å². The highest BCUT2D eigenvalue weighted by atomic mass is 16.4. The van der Waals surface area contributed by atoms with Crippen molar-refractivity contribution in [2.75, 3.05) is 31.1 Å². The zero-order valence-electron chi connectivity index (χ0n) is 39.5. The number of guanidine groups is 1. The number of carboxylic acids is 1. The Kier molecular flexibility index (Phi) is 19.6. The molecule has 3 aromatic carbocycles. The topological polar surface area (TPSA) is 361 Å². The molecule has 0 saturated carbocycles. The summed E-state index contributed by atoms with van der Waals surface area (Å²) in [4.78, 5) is 105. The number of aliphatic carboxylic acids is 1. The molecule has 1 aromatic heterocycles. The number of nitrogens with two attached hydrogens (primary N) is 5. The van der Waals surface area contributed by atoms with Crippen LogP contribution in [0.15, 0.2) is 90.1 Å². The summed E-state index contributed by atoms with van der Waals surface area (Å²) in [6.07, 6.45) is 2.57. The molecule has 2 heterocycles. The molecule has 0 radical (unpaired) electrons. The van der Waals surface area contributed by atoms with Crippen molar-refractivity contribution >= 4 is 64.0 Å². The maximum atomic E-state index is 14.8. The number of nitrogens with zero attached hydrogens (tertiary/aromatic N) is 2. The van der Waals surface area contributed by atoms with E-state index < -0.39 is 83.6 Å². The highest BCUT2D eigenvalue weighted by Gasteiger charge is 2.45. The molecule has 6 amide bonds. The van der Waals surface area contributed by atoms with E-state index in [2.05, 4.69) is 41.5 Å². The number of benzene rings is 3. The fourth-order valence-electron chi connectivity index (χ4n) is 8.52. The van der Waals surface area contributed by atoms with Gasteiger partial charge in [-0.1, -0.05) is 66.7 Å². The molecule has 1 fully saturated rings. The molecule has 0 aliphatic carbocycles. The first-order valence-corrected chi connectivity index (χ1v) is 23.5. The van der Waals surface area contributed by atoms with E-state index in [0.29, 0.717) is 43.6 Å². The third-order valence-corrected chi connectivity index (χ3v) is 12.4. The smallest absolute Gasteiger partial charge is 0.305 e. The number of carbonyl (C=O) groups excluding carboxylic acids is 6. The highest BCUT2D eigenvalue weighted by molar-refractivity contribution is 5.99. The van der Waals surface area contributed by atoms with E-state index in [1.54, 1.807) is 36.5 Å². The van der Waals surface area contributed by atoms with Crippen molar-refractivity contribution in [3.63, 3.8) is 0 Å². The molecule has 0 bridgehead atoms. The number of nitrogens with one attached hydrogen (secondary N) is 6. The van der Waals surface area contributed by atoms with Crippen LogP contribution < -0.4 is 60.2 Å². The van der Waals surface area contributed by atoms with Crippen molar-refractivity contribution in [2.24, 2.45) is 33.7 Å². The Morgan fingerprint density at radius 1 is 0.729 bits per heavy atom. The van der Waals surface area contributed by atoms with Gasteiger partial charge in [0.1, 0.15) is 29.7 Å². The molecule has 5 atom stereocenters. The van der Waals surface area contributed by atoms with Gasteiger partial charge < -0.3 is 70.2 Å². The number of H-pyrrole nitrogens is 1. The van der Waals surface area contributed by atoms with Gasteiger partial charge in [-0.2, -0.15) is 0 Å². The Morgan fingerprint density at radius 3 is 1.99 bits per heavy atom. The summed E-state index contributed by atoms with van der Waals surface area (Å²) >= 11 is 0. The van der Waals surface area contributed by atoms with Crippen molar-refractivity contribution in [1.82, 2.24) is 31.6 Å². The van der Waals surface area contributed by atoms with Crippen molar-refractivity contribution in [3.8, 4) is 0 Å². The number of amides is 6. The van der Waals surface area contributed by atoms with E-state index in [-0.39, 0.29) is 57.5 Å². The third-order valence-electron chi connectivity index (χ3n) is 12.4. The lowest BCUT2D eigenvalue weighted by atomic mass is 9.85. The second kappa shape index (κ2) is 25.7. The number of aromatic nitrogens is 1. The summed E-state index contributed by atoms with van der Waals surface area (Å²) in [5, 5.41) is 24.1. The second-order valence-electron chi connectivity index (χ2n) is 17.6. The van der Waals surface area contributed by atoms with Crippen molar-refractivity contribution in [3.05, 3.63) is 102 Å². The van der Waals surface area contributed by atoms with Gasteiger partial charge in [0.05, 0.1) is 12.5 Å². The number of rotatable bonds is 26. The van der Waals surface area contributed by atoms with Crippen molar-refractivity contribution in [1.29, 1.82) is 0 Å². The maximum absolute atomic E-state index is 14.8. The summed E-state index contributed by atoms with van der Waals surface area (Å²) < 4.78 is 0. The van der Waals surface area contributed by atoms with E-state index in [1.807, 2.05) is 55.5 Å². The number of hydrogen-bond donors (Lipinski definition) is 12. The standard InChI is InChI=1S/C49H67N13O8/c1-30-12-5-8-19-40(30)62-24-20-49(21-25-62,61-43(66)34(51)28-41(63)64)47(70)60-38(26-31-13-3-2-4-14-31)45(68)58-37(18-11-23-55-48(53)54)44(67)59-39(27-32-29-56-35-16-7-6-15-33(32)35)46(69)57-36(42(52)65)17-9-10-22-50/h2-8,12-16,19,29,34,36-39,56H,9-11,17-18,20-28,50-51H2,1H3,(H2,52,65)(H,57,69)(H,58,68)(H,59,67)(H,60,70)(H,61,66)(H,63,64)(H4,53,54,55)/t34-,36-,37-,38+,39-/m0/s1. The number of carboxylic acid groups (broad SMARTS) is 1. The van der Waals surface area contributed by atoms with E-state index in [9.17, 15) is 38.7 Å². The van der Waals surface area contributed by atoms with Crippen LogP contribution in [0.2, 0.25) is 0 Å². The number of aliphatic imine (C=N–C) groups is 1. The monoisotopic (exact) mass is 966 g/mol. The van der Waals surface area contributed by atoms with Crippen LogP contribution in [0.3, 0.4) is 0 Å². The van der Waals surface area contributed by atoms with Crippen LogP contribution in [0.1, 0.15) is 68.1 Å². The Bertz CT molecular complexity index is 2470. The number of unbranched alkanes of at least 4 members (excludes halogenated alkanes) is 1. The number of anilines is 1. The Labute approximate surface area is 406 Å². The van der Waals surface area contributed by atoms with Crippen LogP contribution in [0.4, 0.5) is 5.69 Å². The number of aromatic amines is 1. The molecule has 4 aromatic rings. The summed E-state index contributed by atoms with van der Waals surface area (Å²) in [5.41, 5.74) is 31.0. The SMILES string of the molecule is Cc1ccccc1N1CCC(NC(=O)[C@@H](N)CC(=O)O)(C(=O)N[C@H](Cc2ccccc2)C(=O)N[C@@H](CCCN=C(N)N)C(=O)N[C@@H](Cc2c[nH]c3ccccc23)C(=O)N[C@@H](CCCCN)C(N)=O)CC1. The highest BCUT2D eigenvalue weighted by Crippen LogP contribution is 2.29. The predicted octanol–water partition coefficient (Wildman–Crippen LogP) is -0.174. The molecule has 70 heavy (non-hydrogen) atoms. The van der Waals surface area contributed by atoms with E-state index in [0.717, 1.165) is 22.2 Å². The molecule has 1 aliphatic rings. The Balaban J connectivity index is 1.46. The minimum Gasteiger partial charge on any atom is -0.481 e. The zero-order valence-corrected chi connectivity index (χ0v) is 39.5. The van der Waals surface area contributed by atoms with Crippen LogP contribution in [0, 0.1) is 6.92 Å². The lowest BCUT2D eigenvalue weighted by Crippen LogP contribution is -2.67. The first-order chi connectivity index (χ1) is 33.5. The molecule has 0 spiro atoms. The molecule has 376 valence electrons. The minimum absolute atomic E-state index is 0.0254. The minimum atomic E-state index is -1.63. The van der Waals surface area contributed by atoms with E-state index >= 15 is 0 Å². The predicted molar refractivity (Wildman–Crippen MR) is 266 cm³/mol. The van der Waals surface area contributed by atoms with Crippen LogP contribution >= 0.6 is 0 Å². The normalized spacial score (nSPS) is 15.3. The average Bonchev–Trinajstić information content (AvgIpc) is 3.74. The average molecular weight is 966 g/mol. The van der Waals surface area contributed by atoms with Gasteiger partial charge in [-0.15, -0.1) is 0 Å². The number of fused-ring (bicyclic) bond motifs is 1. The second-order valence-corrected chi connectivity index (χ2v) is 17.6. The molecule has 21 heteroatoms. The molecule has 5 rings (SSSR count). The van der Waals surface area contributed by atoms with Crippen molar-refractivity contribution < 1.29 is 38.7 Å². The lowest BCUT2D eigenvalue weighted by molar-refractivity contribution is -0.141. The molecule has 0 unspecified atom stereocenters. The van der Waals surface area contributed by atoms with Crippen LogP contribution in [0.25, 0.3) is 10.9 Å². The number of hydrogen-bond acceptors (Lipinski definition) is 11. The summed E-state index contributed by atoms with van der Waals surface area (Å²) in [6, 6.07) is 17.5. The number of carbonyl (C=O) groups is 7. The first kappa shape index (κ1) is 53.4. The van der Waals surface area contributed by atoms with Gasteiger partial charge in [0.15, 0.2) is 5.96 Å². The van der Waals surface area contributed by atoms with E-state index in [4.69, 9.17) is 28.7 Å². The van der Waals surface area contributed by atoms with Gasteiger partial charge in [0.2, 0.25) is 35.4 Å². The Morgan fingerprint density at radius 2 is 1.33 bits per heavy atom. The number of para-hydroxylation sites is 2.